The molecule has 0 N–H and O–H groups in total. The van der Waals surface area contributed by atoms with Gasteiger partial charge in [-0.3, -0.25) is 14.4 Å². The molecule has 0 aliphatic carbocycles. The Labute approximate surface area is 421 Å². The van der Waals surface area contributed by atoms with Crippen LogP contribution in [0.2, 0.25) is 0 Å². The third kappa shape index (κ3) is 53.8. The predicted molar refractivity (Wildman–Crippen MR) is 293 cm³/mol. The van der Waals surface area contributed by atoms with E-state index in [4.69, 9.17) is 14.2 Å². The first-order valence-electron chi connectivity index (χ1n) is 28.9. The molecule has 1 atom stereocenters. The molecule has 6 nitrogen and oxygen atoms in total. The van der Waals surface area contributed by atoms with Crippen LogP contribution < -0.4 is 0 Å². The molecule has 0 fully saturated rings. The summed E-state index contributed by atoms with van der Waals surface area (Å²) in [6.07, 6.45) is 71.9. The van der Waals surface area contributed by atoms with Crippen LogP contribution in [0.25, 0.3) is 0 Å². The van der Waals surface area contributed by atoms with Gasteiger partial charge in [0, 0.05) is 19.3 Å². The van der Waals surface area contributed by atoms with Crippen LogP contribution in [0.5, 0.6) is 0 Å². The minimum Gasteiger partial charge on any atom is -0.462 e. The van der Waals surface area contributed by atoms with Gasteiger partial charge in [0.25, 0.3) is 0 Å². The Morgan fingerprint density at radius 2 is 0.574 bits per heavy atom. The summed E-state index contributed by atoms with van der Waals surface area (Å²) in [6.45, 7) is 6.50. The van der Waals surface area contributed by atoms with Crippen LogP contribution in [-0.4, -0.2) is 37.2 Å². The van der Waals surface area contributed by atoms with Gasteiger partial charge < -0.3 is 14.2 Å². The topological polar surface area (TPSA) is 78.9 Å². The SMILES string of the molecule is CC/C=C\C/C=C\C/C=C\C/C=C\C/C=C\C/C=C\CCCCC(=O)OCC(COC(=O)CCCCCCCCCCCC)OC(=O)CCCCCCCCCCCCCCCCCCCCC. The lowest BCUT2D eigenvalue weighted by Crippen LogP contribution is -2.30. The van der Waals surface area contributed by atoms with Crippen LogP contribution >= 0.6 is 0 Å². The number of rotatable bonds is 52. The van der Waals surface area contributed by atoms with Crippen molar-refractivity contribution in [2.45, 2.75) is 290 Å². The van der Waals surface area contributed by atoms with Gasteiger partial charge in [-0.05, 0) is 70.6 Å². The highest BCUT2D eigenvalue weighted by Gasteiger charge is 2.19. The van der Waals surface area contributed by atoms with Gasteiger partial charge in [-0.2, -0.15) is 0 Å². The van der Waals surface area contributed by atoms with Crippen LogP contribution in [0, 0.1) is 0 Å². The molecular weight excluding hydrogens is 841 g/mol. The zero-order valence-corrected chi connectivity index (χ0v) is 44.9. The van der Waals surface area contributed by atoms with Gasteiger partial charge in [-0.15, -0.1) is 0 Å². The van der Waals surface area contributed by atoms with Gasteiger partial charge in [0.05, 0.1) is 0 Å². The molecule has 6 heteroatoms. The number of ether oxygens (including phenoxy) is 3. The first kappa shape index (κ1) is 64.8. The van der Waals surface area contributed by atoms with Crippen molar-refractivity contribution >= 4 is 17.9 Å². The minimum absolute atomic E-state index is 0.0858. The molecule has 0 aromatic rings. The van der Waals surface area contributed by atoms with Crippen LogP contribution in [-0.2, 0) is 28.6 Å². The molecule has 0 bridgehead atoms. The smallest absolute Gasteiger partial charge is 0.306 e. The second kappa shape index (κ2) is 56.4. The van der Waals surface area contributed by atoms with Gasteiger partial charge in [-0.1, -0.05) is 267 Å². The van der Waals surface area contributed by atoms with Crippen molar-refractivity contribution in [2.75, 3.05) is 13.2 Å². The second-order valence-electron chi connectivity index (χ2n) is 19.2. The fourth-order valence-corrected chi connectivity index (χ4v) is 8.15. The Morgan fingerprint density at radius 3 is 0.897 bits per heavy atom. The summed E-state index contributed by atoms with van der Waals surface area (Å²) < 4.78 is 16.8. The van der Waals surface area contributed by atoms with E-state index in [1.54, 1.807) is 0 Å². The Balaban J connectivity index is 4.36. The Kier molecular flexibility index (Phi) is 53.8. The van der Waals surface area contributed by atoms with Crippen molar-refractivity contribution in [3.8, 4) is 0 Å². The number of hydrogen-bond donors (Lipinski definition) is 0. The van der Waals surface area contributed by atoms with Crippen LogP contribution in [0.15, 0.2) is 72.9 Å². The summed E-state index contributed by atoms with van der Waals surface area (Å²) in [4.78, 5) is 38.1. The van der Waals surface area contributed by atoms with E-state index in [0.717, 1.165) is 96.3 Å². The summed E-state index contributed by atoms with van der Waals surface area (Å²) in [7, 11) is 0. The highest BCUT2D eigenvalue weighted by molar-refractivity contribution is 5.71. The third-order valence-corrected chi connectivity index (χ3v) is 12.5. The highest BCUT2D eigenvalue weighted by Crippen LogP contribution is 2.16. The molecule has 392 valence electrons. The van der Waals surface area contributed by atoms with Crippen molar-refractivity contribution in [1.82, 2.24) is 0 Å². The lowest BCUT2D eigenvalue weighted by Gasteiger charge is -2.18. The van der Waals surface area contributed by atoms with Crippen molar-refractivity contribution in [3.63, 3.8) is 0 Å². The summed E-state index contributed by atoms with van der Waals surface area (Å²) in [6, 6.07) is 0. The number of esters is 3. The molecular formula is C62H108O6. The molecule has 1 unspecified atom stereocenters. The van der Waals surface area contributed by atoms with E-state index in [2.05, 4.69) is 93.7 Å². The molecule has 0 aromatic carbocycles. The lowest BCUT2D eigenvalue weighted by atomic mass is 10.0. The lowest BCUT2D eigenvalue weighted by molar-refractivity contribution is -0.167. The maximum absolute atomic E-state index is 12.8. The fraction of sp³-hybridized carbons (Fsp3) is 0.758. The molecule has 0 amide bonds. The van der Waals surface area contributed by atoms with Crippen molar-refractivity contribution in [1.29, 1.82) is 0 Å². The number of allylic oxidation sites excluding steroid dienone is 12. The normalized spacial score (nSPS) is 12.6. The van der Waals surface area contributed by atoms with E-state index in [0.29, 0.717) is 19.3 Å². The van der Waals surface area contributed by atoms with Crippen LogP contribution in [0.3, 0.4) is 0 Å². The van der Waals surface area contributed by atoms with E-state index in [1.165, 1.54) is 148 Å². The maximum Gasteiger partial charge on any atom is 0.306 e. The average molecular weight is 950 g/mol. The van der Waals surface area contributed by atoms with Gasteiger partial charge in [0.15, 0.2) is 6.10 Å². The first-order valence-corrected chi connectivity index (χ1v) is 28.9. The standard InChI is InChI=1S/C62H108O6/c1-4-7-10-13-16-19-22-24-26-28-30-31-33-34-36-38-40-43-46-49-52-55-61(64)67-58-59(57-66-60(63)54-51-48-45-42-21-18-15-12-9-6-3)68-62(65)56-53-50-47-44-41-39-37-35-32-29-27-25-23-20-17-14-11-8-5-2/h7,10,16,19,24,26,30-31,34,36,40,43,59H,4-6,8-9,11-15,17-18,20-23,25,27-29,32-33,35,37-39,41-42,44-58H2,1-3H3/b10-7-,19-16-,26-24-,31-30-,36-34-,43-40-. The monoisotopic (exact) mass is 949 g/mol. The Hall–Kier alpha value is -3.15. The molecule has 0 saturated heterocycles. The molecule has 68 heavy (non-hydrogen) atoms. The molecule has 0 radical (unpaired) electrons. The highest BCUT2D eigenvalue weighted by atomic mass is 16.6. The van der Waals surface area contributed by atoms with Gasteiger partial charge in [0.2, 0.25) is 0 Å². The minimum atomic E-state index is -0.790. The van der Waals surface area contributed by atoms with E-state index in [9.17, 15) is 14.4 Å². The van der Waals surface area contributed by atoms with E-state index >= 15 is 0 Å². The number of hydrogen-bond acceptors (Lipinski definition) is 6. The molecule has 0 rings (SSSR count). The third-order valence-electron chi connectivity index (χ3n) is 12.5. The van der Waals surface area contributed by atoms with Crippen molar-refractivity contribution < 1.29 is 28.6 Å². The summed E-state index contributed by atoms with van der Waals surface area (Å²) in [5.41, 5.74) is 0. The molecule has 0 saturated carbocycles. The molecule has 0 spiro atoms. The van der Waals surface area contributed by atoms with Crippen molar-refractivity contribution in [2.24, 2.45) is 0 Å². The zero-order chi connectivity index (χ0) is 49.3. The van der Waals surface area contributed by atoms with Crippen LogP contribution in [0.4, 0.5) is 0 Å². The van der Waals surface area contributed by atoms with Crippen LogP contribution in [0.1, 0.15) is 284 Å². The van der Waals surface area contributed by atoms with E-state index in [1.807, 2.05) is 0 Å². The van der Waals surface area contributed by atoms with Crippen molar-refractivity contribution in [3.05, 3.63) is 72.9 Å². The number of unbranched alkanes of at least 4 members (excludes halogenated alkanes) is 29. The van der Waals surface area contributed by atoms with E-state index < -0.39 is 6.10 Å². The molecule has 0 aliphatic rings. The molecule has 0 aliphatic heterocycles. The first-order chi connectivity index (χ1) is 33.5. The van der Waals surface area contributed by atoms with Gasteiger partial charge in [-0.25, -0.2) is 0 Å². The Morgan fingerprint density at radius 1 is 0.309 bits per heavy atom. The predicted octanol–water partition coefficient (Wildman–Crippen LogP) is 19.4. The van der Waals surface area contributed by atoms with Gasteiger partial charge in [0.1, 0.15) is 13.2 Å². The quantitative estimate of drug-likeness (QED) is 0.0262. The number of carbonyl (C=O) groups is 3. The Bertz CT molecular complexity index is 1270. The fourth-order valence-electron chi connectivity index (χ4n) is 8.15. The summed E-state index contributed by atoms with van der Waals surface area (Å²) >= 11 is 0. The molecule has 0 aromatic heterocycles. The summed E-state index contributed by atoms with van der Waals surface area (Å²) in [5, 5.41) is 0. The average Bonchev–Trinajstić information content (AvgIpc) is 3.34. The van der Waals surface area contributed by atoms with Gasteiger partial charge >= 0.3 is 17.9 Å². The molecule has 0 heterocycles. The van der Waals surface area contributed by atoms with E-state index in [-0.39, 0.29) is 31.1 Å². The summed E-state index contributed by atoms with van der Waals surface area (Å²) in [5.74, 6) is -0.922. The second-order valence-corrected chi connectivity index (χ2v) is 19.2. The number of carbonyl (C=O) groups excluding carboxylic acids is 3. The zero-order valence-electron chi connectivity index (χ0n) is 44.9. The maximum atomic E-state index is 12.8. The largest absolute Gasteiger partial charge is 0.462 e.